The van der Waals surface area contributed by atoms with Crippen molar-refractivity contribution >= 4 is 35.6 Å². The van der Waals surface area contributed by atoms with Crippen LogP contribution in [-0.2, 0) is 41.1 Å². The van der Waals surface area contributed by atoms with Crippen molar-refractivity contribution in [1.82, 2.24) is 21.5 Å². The van der Waals surface area contributed by atoms with E-state index in [0.717, 1.165) is 16.7 Å². The monoisotopic (exact) mass is 902 g/mol. The maximum Gasteiger partial charge on any atom is 0.339 e. The van der Waals surface area contributed by atoms with Crippen LogP contribution in [-0.4, -0.2) is 104 Å². The number of amides is 3. The van der Waals surface area contributed by atoms with E-state index in [1.807, 2.05) is 56.3 Å². The first-order chi connectivity index (χ1) is 30.6. The van der Waals surface area contributed by atoms with E-state index < -0.39 is 36.0 Å². The molecule has 0 unspecified atom stereocenters. The molecule has 0 aliphatic heterocycles. The first-order valence-electron chi connectivity index (χ1n) is 22.3. The number of carboxylic acids is 1. The number of nitrogens with one attached hydrogen (secondary N) is 4. The standard InChI is InChI=1S/C50H71N5O10/c1-33(2)27-41(54-47(60)45(58)40(51)28-34-13-10-9-11-14-34)46(59)55-53-21-24-64-26-25-63-23-19-44(57)52-20-12-22-65-43-29-35(15-17-39(43)48(61)62)16-18-42(56)36-30-37(49(3,4)5)32-38(31-36)50(6,7)8/h9-11,13-18,29-33,40-41,45,53,58H,12,19-28,51H2,1-8H3,(H,52,57)(H,54,60)(H,55,59)(H,61,62)/b18-16+/t40-,41+,45+/m1/s1. The summed E-state index contributed by atoms with van der Waals surface area (Å²) < 4.78 is 16.8. The van der Waals surface area contributed by atoms with Crippen LogP contribution in [0.3, 0.4) is 0 Å². The number of carbonyl (C=O) groups is 5. The molecule has 0 aliphatic rings. The minimum Gasteiger partial charge on any atom is -0.493 e. The van der Waals surface area contributed by atoms with Gasteiger partial charge in [0.2, 0.25) is 5.91 Å². The number of hydrogen-bond donors (Lipinski definition) is 7. The summed E-state index contributed by atoms with van der Waals surface area (Å²) in [5.74, 6) is -2.46. The van der Waals surface area contributed by atoms with Crippen LogP contribution >= 0.6 is 0 Å². The number of rotatable bonds is 27. The van der Waals surface area contributed by atoms with Crippen LogP contribution in [0.4, 0.5) is 0 Å². The number of hydrazine groups is 1. The van der Waals surface area contributed by atoms with Gasteiger partial charge in [0.1, 0.15) is 23.5 Å². The van der Waals surface area contributed by atoms with E-state index in [9.17, 15) is 34.2 Å². The van der Waals surface area contributed by atoms with E-state index in [2.05, 4.69) is 69.1 Å². The Morgan fingerprint density at radius 2 is 1.43 bits per heavy atom. The van der Waals surface area contributed by atoms with Crippen molar-refractivity contribution < 1.29 is 48.4 Å². The van der Waals surface area contributed by atoms with Crippen LogP contribution in [0.25, 0.3) is 6.08 Å². The van der Waals surface area contributed by atoms with Gasteiger partial charge in [0, 0.05) is 31.1 Å². The molecule has 3 amide bonds. The number of aliphatic hydroxyl groups is 1. The van der Waals surface area contributed by atoms with Gasteiger partial charge in [-0.15, -0.1) is 0 Å². The second-order valence-corrected chi connectivity index (χ2v) is 18.5. The number of carboxylic acid groups (broad SMARTS) is 1. The van der Waals surface area contributed by atoms with Crippen LogP contribution < -0.4 is 32.0 Å². The minimum atomic E-state index is -1.49. The molecule has 3 rings (SSSR count). The van der Waals surface area contributed by atoms with Crippen molar-refractivity contribution in [2.75, 3.05) is 46.1 Å². The van der Waals surface area contributed by atoms with Gasteiger partial charge in [-0.25, -0.2) is 10.2 Å². The number of ether oxygens (including phenoxy) is 3. The average molecular weight is 902 g/mol. The van der Waals surface area contributed by atoms with Crippen molar-refractivity contribution in [3.8, 4) is 5.75 Å². The zero-order valence-electron chi connectivity index (χ0n) is 39.3. The van der Waals surface area contributed by atoms with Gasteiger partial charge in [0.25, 0.3) is 11.8 Å². The third-order valence-corrected chi connectivity index (χ3v) is 10.3. The summed E-state index contributed by atoms with van der Waals surface area (Å²) in [6.45, 7) is 18.2. The molecule has 8 N–H and O–H groups in total. The van der Waals surface area contributed by atoms with Crippen LogP contribution in [0.5, 0.6) is 5.75 Å². The Balaban J connectivity index is 1.31. The molecule has 356 valence electrons. The van der Waals surface area contributed by atoms with Crippen molar-refractivity contribution in [3.05, 3.63) is 106 Å². The Morgan fingerprint density at radius 3 is 2.05 bits per heavy atom. The smallest absolute Gasteiger partial charge is 0.339 e. The molecule has 0 aliphatic carbocycles. The molecule has 3 atom stereocenters. The van der Waals surface area contributed by atoms with Crippen molar-refractivity contribution in [2.24, 2.45) is 11.7 Å². The number of aromatic carboxylic acids is 1. The summed E-state index contributed by atoms with van der Waals surface area (Å²) in [5.41, 5.74) is 15.4. The molecule has 0 fully saturated rings. The molecule has 0 heterocycles. The SMILES string of the molecule is CC(C)C[C@H](NC(=O)[C@@H](O)[C@H](N)Cc1ccccc1)C(=O)NNCCOCCOCCC(=O)NCCCOc1cc(/C=C/C(=O)c2cc(C(C)(C)C)cc(C(C)(C)C)c2)ccc1C(=O)O. The van der Waals surface area contributed by atoms with Gasteiger partial charge >= 0.3 is 5.97 Å². The molecule has 15 heteroatoms. The first-order valence-corrected chi connectivity index (χ1v) is 22.3. The fraction of sp³-hybridized carbons (Fsp3) is 0.500. The molecule has 0 radical (unpaired) electrons. The minimum absolute atomic E-state index is 0.0129. The molecular weight excluding hydrogens is 831 g/mol. The Kier molecular flexibility index (Phi) is 22.0. The lowest BCUT2D eigenvalue weighted by molar-refractivity contribution is -0.135. The van der Waals surface area contributed by atoms with Gasteiger partial charge < -0.3 is 40.8 Å². The zero-order valence-corrected chi connectivity index (χ0v) is 39.3. The number of nitrogens with two attached hydrogens (primary N) is 1. The molecule has 3 aromatic rings. The van der Waals surface area contributed by atoms with Gasteiger partial charge in [-0.1, -0.05) is 104 Å². The highest BCUT2D eigenvalue weighted by Crippen LogP contribution is 2.31. The zero-order chi connectivity index (χ0) is 48.2. The average Bonchev–Trinajstić information content (AvgIpc) is 3.24. The largest absolute Gasteiger partial charge is 0.493 e. The lowest BCUT2D eigenvalue weighted by Crippen LogP contribution is -2.56. The highest BCUT2D eigenvalue weighted by atomic mass is 16.5. The number of ketones is 1. The highest BCUT2D eigenvalue weighted by molar-refractivity contribution is 6.07. The van der Waals surface area contributed by atoms with Crippen molar-refractivity contribution in [2.45, 2.75) is 110 Å². The molecule has 0 aromatic heterocycles. The third-order valence-electron chi connectivity index (χ3n) is 10.3. The molecule has 0 saturated heterocycles. The number of allylic oxidation sites excluding steroid dienone is 1. The molecule has 3 aromatic carbocycles. The van der Waals surface area contributed by atoms with Crippen molar-refractivity contribution in [3.63, 3.8) is 0 Å². The summed E-state index contributed by atoms with van der Waals surface area (Å²) >= 11 is 0. The summed E-state index contributed by atoms with van der Waals surface area (Å²) in [6, 6.07) is 18.2. The quantitative estimate of drug-likeness (QED) is 0.0225. The van der Waals surface area contributed by atoms with Gasteiger partial charge in [0.05, 0.1) is 33.0 Å². The number of aliphatic hydroxyl groups excluding tert-OH is 1. The lowest BCUT2D eigenvalue weighted by atomic mass is 9.79. The summed E-state index contributed by atoms with van der Waals surface area (Å²) in [5, 5.41) is 25.7. The highest BCUT2D eigenvalue weighted by Gasteiger charge is 2.29. The Morgan fingerprint density at radius 1 is 0.785 bits per heavy atom. The van der Waals surface area contributed by atoms with Crippen LogP contribution in [0.2, 0.25) is 0 Å². The predicted octanol–water partition coefficient (Wildman–Crippen LogP) is 5.27. The van der Waals surface area contributed by atoms with Crippen LogP contribution in [0.1, 0.15) is 118 Å². The van der Waals surface area contributed by atoms with Gasteiger partial charge in [-0.05, 0) is 88.6 Å². The lowest BCUT2D eigenvalue weighted by Gasteiger charge is -2.25. The first kappa shape index (κ1) is 53.9. The Hall–Kier alpha value is -5.45. The summed E-state index contributed by atoms with van der Waals surface area (Å²) in [7, 11) is 0. The van der Waals surface area contributed by atoms with Crippen LogP contribution in [0.15, 0.2) is 72.8 Å². The van der Waals surface area contributed by atoms with Crippen molar-refractivity contribution in [1.29, 1.82) is 0 Å². The van der Waals surface area contributed by atoms with Gasteiger partial charge in [0.15, 0.2) is 5.78 Å². The van der Waals surface area contributed by atoms with E-state index >= 15 is 0 Å². The fourth-order valence-corrected chi connectivity index (χ4v) is 6.41. The number of benzene rings is 3. The van der Waals surface area contributed by atoms with E-state index in [4.69, 9.17) is 19.9 Å². The maximum absolute atomic E-state index is 13.3. The van der Waals surface area contributed by atoms with E-state index in [0.29, 0.717) is 36.9 Å². The molecular formula is C50H71N5O10. The molecule has 0 saturated carbocycles. The van der Waals surface area contributed by atoms with Gasteiger partial charge in [-0.2, -0.15) is 0 Å². The summed E-state index contributed by atoms with van der Waals surface area (Å²) in [4.78, 5) is 63.2. The topological polar surface area (TPSA) is 228 Å². The van der Waals surface area contributed by atoms with E-state index in [1.165, 1.54) is 12.1 Å². The predicted molar refractivity (Wildman–Crippen MR) is 252 cm³/mol. The second-order valence-electron chi connectivity index (χ2n) is 18.5. The Labute approximate surface area is 384 Å². The maximum atomic E-state index is 13.3. The van der Waals surface area contributed by atoms with Crippen LogP contribution in [0, 0.1) is 5.92 Å². The normalized spacial score (nSPS) is 13.3. The number of hydrogen-bond acceptors (Lipinski definition) is 11. The third kappa shape index (κ3) is 19.7. The summed E-state index contributed by atoms with van der Waals surface area (Å²) in [6.07, 6.45) is 2.84. The molecule has 65 heavy (non-hydrogen) atoms. The van der Waals surface area contributed by atoms with E-state index in [1.54, 1.807) is 18.2 Å². The number of carbonyl (C=O) groups excluding carboxylic acids is 4. The Bertz CT molecular complexity index is 2010. The molecule has 15 nitrogen and oxygen atoms in total. The van der Waals surface area contributed by atoms with Gasteiger partial charge in [-0.3, -0.25) is 24.6 Å². The second kappa shape index (κ2) is 26.5. The molecule has 0 bridgehead atoms. The van der Waals surface area contributed by atoms with E-state index in [-0.39, 0.29) is 85.8 Å². The molecule has 0 spiro atoms. The fourth-order valence-electron chi connectivity index (χ4n) is 6.41.